The van der Waals surface area contributed by atoms with Crippen LogP contribution in [0.4, 0.5) is 5.69 Å². The summed E-state index contributed by atoms with van der Waals surface area (Å²) in [6.45, 7) is 0. The third-order valence-electron chi connectivity index (χ3n) is 2.92. The maximum Gasteiger partial charge on any atom is 0.350 e. The van der Waals surface area contributed by atoms with E-state index in [0.29, 0.717) is 10.7 Å². The number of nitrogens with zero attached hydrogens (tertiary/aromatic N) is 1. The van der Waals surface area contributed by atoms with Crippen molar-refractivity contribution in [2.45, 2.75) is 4.90 Å². The predicted octanol–water partition coefficient (Wildman–Crippen LogP) is 3.44. The molecular weight excluding hydrogens is 372 g/mol. The molecule has 0 atom stereocenters. The fourth-order valence-electron chi connectivity index (χ4n) is 1.73. The van der Waals surface area contributed by atoms with Crippen LogP contribution in [0.15, 0.2) is 51.7 Å². The topological polar surface area (TPSA) is 96.3 Å². The van der Waals surface area contributed by atoms with E-state index in [4.69, 9.17) is 11.6 Å². The molecule has 6 nitrogen and oxygen atoms in total. The zero-order valence-corrected chi connectivity index (χ0v) is 14.7. The average molecular weight is 383 g/mol. The second-order valence-corrected chi connectivity index (χ2v) is 7.65. The summed E-state index contributed by atoms with van der Waals surface area (Å²) in [5, 5.41) is 13.9. The number of sulfone groups is 1. The average Bonchev–Trinajstić information content (AvgIpc) is 3.03. The summed E-state index contributed by atoms with van der Waals surface area (Å²) in [6, 6.07) is 8.70. The highest BCUT2D eigenvalue weighted by molar-refractivity contribution is 7.95. The van der Waals surface area contributed by atoms with E-state index in [1.807, 2.05) is 0 Å². The van der Waals surface area contributed by atoms with Crippen molar-refractivity contribution in [3.8, 4) is 6.07 Å². The van der Waals surface area contributed by atoms with Gasteiger partial charge in [-0.15, -0.1) is 11.3 Å². The first-order chi connectivity index (χ1) is 11.4. The number of rotatable bonds is 5. The lowest BCUT2D eigenvalue weighted by molar-refractivity contribution is 0.0607. The van der Waals surface area contributed by atoms with E-state index < -0.39 is 20.7 Å². The lowest BCUT2D eigenvalue weighted by Gasteiger charge is -2.05. The highest BCUT2D eigenvalue weighted by Crippen LogP contribution is 2.25. The number of methoxy groups -OCH3 is 1. The molecule has 0 spiro atoms. The van der Waals surface area contributed by atoms with Crippen LogP contribution in [-0.4, -0.2) is 21.5 Å². The Bertz CT molecular complexity index is 925. The molecule has 0 aliphatic heterocycles. The van der Waals surface area contributed by atoms with E-state index in [1.54, 1.807) is 17.5 Å². The molecular formula is C15H11ClN2O4S2. The van der Waals surface area contributed by atoms with Crippen molar-refractivity contribution in [3.05, 3.63) is 56.7 Å². The summed E-state index contributed by atoms with van der Waals surface area (Å²) < 4.78 is 29.5. The number of thiophene rings is 1. The molecule has 2 aromatic rings. The molecule has 0 aliphatic carbocycles. The Morgan fingerprint density at radius 1 is 1.33 bits per heavy atom. The molecule has 0 radical (unpaired) electrons. The van der Waals surface area contributed by atoms with Gasteiger partial charge in [0, 0.05) is 11.2 Å². The Hall–Kier alpha value is -2.34. The Balaban J connectivity index is 2.33. The molecule has 1 aromatic carbocycles. The molecule has 24 heavy (non-hydrogen) atoms. The monoisotopic (exact) mass is 382 g/mol. The van der Waals surface area contributed by atoms with Gasteiger partial charge in [-0.3, -0.25) is 0 Å². The number of nitriles is 1. The first-order valence-corrected chi connectivity index (χ1v) is 9.17. The van der Waals surface area contributed by atoms with Crippen LogP contribution >= 0.6 is 22.9 Å². The van der Waals surface area contributed by atoms with E-state index in [9.17, 15) is 18.5 Å². The van der Waals surface area contributed by atoms with Gasteiger partial charge in [0.2, 0.25) is 9.84 Å². The molecule has 0 bridgehead atoms. The molecule has 1 heterocycles. The molecule has 0 saturated heterocycles. The van der Waals surface area contributed by atoms with Crippen LogP contribution in [0.2, 0.25) is 5.02 Å². The number of carbonyl (C=O) groups excluding carboxylic acids is 1. The van der Waals surface area contributed by atoms with Gasteiger partial charge in [-0.1, -0.05) is 11.6 Å². The van der Waals surface area contributed by atoms with Crippen LogP contribution in [0.3, 0.4) is 0 Å². The maximum absolute atomic E-state index is 12.4. The van der Waals surface area contributed by atoms with E-state index in [2.05, 4.69) is 10.1 Å². The van der Waals surface area contributed by atoms with Gasteiger partial charge in [-0.25, -0.2) is 13.2 Å². The van der Waals surface area contributed by atoms with Gasteiger partial charge in [0.25, 0.3) is 0 Å². The second-order valence-electron chi connectivity index (χ2n) is 4.38. The molecule has 9 heteroatoms. The number of hydrogen-bond donors (Lipinski definition) is 1. The molecule has 0 unspecified atom stereocenters. The minimum Gasteiger partial charge on any atom is -0.465 e. The number of benzene rings is 1. The van der Waals surface area contributed by atoms with Gasteiger partial charge in [0.1, 0.15) is 10.9 Å². The van der Waals surface area contributed by atoms with Gasteiger partial charge >= 0.3 is 5.97 Å². The molecule has 2 rings (SSSR count). The van der Waals surface area contributed by atoms with Gasteiger partial charge in [-0.2, -0.15) is 5.26 Å². The summed E-state index contributed by atoms with van der Waals surface area (Å²) in [5.41, 5.74) is 0.353. The Labute approximate surface area is 147 Å². The SMILES string of the molecule is COC(=O)c1sccc1N/C=C(\C#N)S(=O)(=O)c1ccc(Cl)cc1. The third kappa shape index (κ3) is 3.76. The second kappa shape index (κ2) is 7.49. The molecule has 0 fully saturated rings. The number of ether oxygens (including phenoxy) is 1. The normalized spacial score (nSPS) is 11.6. The molecule has 124 valence electrons. The molecule has 0 aliphatic rings. The third-order valence-corrected chi connectivity index (χ3v) is 5.75. The lowest BCUT2D eigenvalue weighted by atomic mass is 10.4. The lowest BCUT2D eigenvalue weighted by Crippen LogP contribution is -2.07. The quantitative estimate of drug-likeness (QED) is 0.628. The highest BCUT2D eigenvalue weighted by atomic mass is 35.5. The van der Waals surface area contributed by atoms with Crippen molar-refractivity contribution in [1.82, 2.24) is 0 Å². The molecule has 0 saturated carbocycles. The first kappa shape index (κ1) is 18.0. The maximum atomic E-state index is 12.4. The van der Waals surface area contributed by atoms with Crippen LogP contribution in [0, 0.1) is 11.3 Å². The van der Waals surface area contributed by atoms with E-state index in [1.165, 1.54) is 31.4 Å². The predicted molar refractivity (Wildman–Crippen MR) is 91.6 cm³/mol. The summed E-state index contributed by atoms with van der Waals surface area (Å²) in [4.78, 5) is 11.3. The van der Waals surface area contributed by atoms with Crippen LogP contribution in [0.1, 0.15) is 9.67 Å². The van der Waals surface area contributed by atoms with Crippen LogP contribution in [0.5, 0.6) is 0 Å². The van der Waals surface area contributed by atoms with E-state index in [0.717, 1.165) is 17.5 Å². The van der Waals surface area contributed by atoms with Crippen molar-refractivity contribution >= 4 is 44.4 Å². The summed E-state index contributed by atoms with van der Waals surface area (Å²) in [6.07, 6.45) is 1.04. The summed E-state index contributed by atoms with van der Waals surface area (Å²) >= 11 is 6.87. The van der Waals surface area contributed by atoms with Crippen LogP contribution in [-0.2, 0) is 14.6 Å². The highest BCUT2D eigenvalue weighted by Gasteiger charge is 2.21. The van der Waals surface area contributed by atoms with Crippen molar-refractivity contribution in [3.63, 3.8) is 0 Å². The summed E-state index contributed by atoms with van der Waals surface area (Å²) in [7, 11) is -2.75. The largest absolute Gasteiger partial charge is 0.465 e. The first-order valence-electron chi connectivity index (χ1n) is 6.43. The zero-order chi connectivity index (χ0) is 17.7. The molecule has 1 aromatic heterocycles. The molecule has 0 amide bonds. The standard InChI is InChI=1S/C15H11ClN2O4S2/c1-22-15(19)14-13(6-7-23-14)18-9-12(8-17)24(20,21)11-4-2-10(16)3-5-11/h2-7,9,18H,1H3/b12-9+. The van der Waals surface area contributed by atoms with Crippen molar-refractivity contribution in [2.24, 2.45) is 0 Å². The van der Waals surface area contributed by atoms with Crippen molar-refractivity contribution in [2.75, 3.05) is 12.4 Å². The number of nitrogens with one attached hydrogen (secondary N) is 1. The Morgan fingerprint density at radius 3 is 2.58 bits per heavy atom. The number of allylic oxidation sites excluding steroid dienone is 1. The van der Waals surface area contributed by atoms with Crippen molar-refractivity contribution < 1.29 is 17.9 Å². The zero-order valence-electron chi connectivity index (χ0n) is 12.3. The fraction of sp³-hybridized carbons (Fsp3) is 0.0667. The molecule has 1 N–H and O–H groups in total. The van der Waals surface area contributed by atoms with Crippen LogP contribution < -0.4 is 5.32 Å². The van der Waals surface area contributed by atoms with E-state index in [-0.39, 0.29) is 9.77 Å². The van der Waals surface area contributed by atoms with Gasteiger partial charge < -0.3 is 10.1 Å². The number of anilines is 1. The van der Waals surface area contributed by atoms with E-state index >= 15 is 0 Å². The number of halogens is 1. The smallest absolute Gasteiger partial charge is 0.350 e. The number of esters is 1. The minimum absolute atomic E-state index is 0.0555. The summed E-state index contributed by atoms with van der Waals surface area (Å²) in [5.74, 6) is -0.556. The van der Waals surface area contributed by atoms with Gasteiger partial charge in [0.15, 0.2) is 4.91 Å². The Morgan fingerprint density at radius 2 is 2.00 bits per heavy atom. The minimum atomic E-state index is -3.99. The van der Waals surface area contributed by atoms with Gasteiger partial charge in [-0.05, 0) is 35.7 Å². The number of hydrogen-bond acceptors (Lipinski definition) is 7. The van der Waals surface area contributed by atoms with Crippen molar-refractivity contribution in [1.29, 1.82) is 5.26 Å². The van der Waals surface area contributed by atoms with Crippen LogP contribution in [0.25, 0.3) is 0 Å². The number of carbonyl (C=O) groups is 1. The Kier molecular flexibility index (Phi) is 5.62. The fourth-order valence-corrected chi connectivity index (χ4v) is 3.71. The van der Waals surface area contributed by atoms with Gasteiger partial charge in [0.05, 0.1) is 17.7 Å².